The number of benzene rings is 1. The molecule has 0 bridgehead atoms. The number of amides is 1. The standard InChI is InChI=1S/C24H27ClFN5O3/c1-14(2)18-11-28-22(17-9-15(25)5-6-20(17)26)31-23(18)30-21-7-8-27-10-19(21)24(32)29-16(12-33-3)13-34-4/h5-11,14,16H,12-13H2,1-4H3,(H,29,32)(H,27,28,30,31). The van der Waals surface area contributed by atoms with E-state index in [0.717, 1.165) is 5.56 Å². The van der Waals surface area contributed by atoms with Gasteiger partial charge in [-0.2, -0.15) is 0 Å². The van der Waals surface area contributed by atoms with Gasteiger partial charge in [-0.1, -0.05) is 25.4 Å². The molecule has 1 aromatic carbocycles. The Kier molecular flexibility index (Phi) is 8.86. The van der Waals surface area contributed by atoms with Crippen LogP contribution in [-0.2, 0) is 9.47 Å². The number of nitrogens with one attached hydrogen (secondary N) is 2. The number of pyridine rings is 1. The van der Waals surface area contributed by atoms with E-state index in [1.54, 1.807) is 32.7 Å². The molecule has 0 aliphatic heterocycles. The van der Waals surface area contributed by atoms with Crippen molar-refractivity contribution in [2.45, 2.75) is 25.8 Å². The Bertz CT molecular complexity index is 1140. The Morgan fingerprint density at radius 2 is 1.88 bits per heavy atom. The third-order valence-corrected chi connectivity index (χ3v) is 5.23. The van der Waals surface area contributed by atoms with Gasteiger partial charge < -0.3 is 20.1 Å². The molecule has 0 radical (unpaired) electrons. The van der Waals surface area contributed by atoms with E-state index in [9.17, 15) is 9.18 Å². The van der Waals surface area contributed by atoms with E-state index >= 15 is 0 Å². The van der Waals surface area contributed by atoms with Crippen LogP contribution in [0.5, 0.6) is 0 Å². The molecule has 8 nitrogen and oxygen atoms in total. The van der Waals surface area contributed by atoms with Crippen LogP contribution in [0.2, 0.25) is 5.02 Å². The molecular weight excluding hydrogens is 461 g/mol. The summed E-state index contributed by atoms with van der Waals surface area (Å²) in [4.78, 5) is 26.0. The smallest absolute Gasteiger partial charge is 0.255 e. The third kappa shape index (κ3) is 6.25. The highest BCUT2D eigenvalue weighted by molar-refractivity contribution is 6.30. The molecular formula is C24H27ClFN5O3. The van der Waals surface area contributed by atoms with Crippen molar-refractivity contribution in [3.05, 3.63) is 64.8 Å². The van der Waals surface area contributed by atoms with E-state index in [1.165, 1.54) is 24.4 Å². The van der Waals surface area contributed by atoms with Crippen LogP contribution in [0.3, 0.4) is 0 Å². The molecule has 3 aromatic rings. The maximum atomic E-state index is 14.4. The maximum Gasteiger partial charge on any atom is 0.255 e. The summed E-state index contributed by atoms with van der Waals surface area (Å²) in [6, 6.07) is 5.54. The molecule has 0 saturated heterocycles. The SMILES string of the molecule is COCC(COC)NC(=O)c1cnccc1Nc1nc(-c2cc(Cl)ccc2F)ncc1C(C)C. The summed E-state index contributed by atoms with van der Waals surface area (Å²) in [6.07, 6.45) is 4.67. The second-order valence-electron chi connectivity index (χ2n) is 7.90. The van der Waals surface area contributed by atoms with Crippen LogP contribution in [0, 0.1) is 5.82 Å². The lowest BCUT2D eigenvalue weighted by Crippen LogP contribution is -2.41. The molecule has 0 fully saturated rings. The fraction of sp³-hybridized carbons (Fsp3) is 0.333. The van der Waals surface area contributed by atoms with E-state index < -0.39 is 5.82 Å². The summed E-state index contributed by atoms with van der Waals surface area (Å²) >= 11 is 6.05. The lowest BCUT2D eigenvalue weighted by molar-refractivity contribution is 0.0779. The van der Waals surface area contributed by atoms with Crippen molar-refractivity contribution in [2.24, 2.45) is 0 Å². The average molecular weight is 488 g/mol. The van der Waals surface area contributed by atoms with Gasteiger partial charge in [0.2, 0.25) is 0 Å². The van der Waals surface area contributed by atoms with Gasteiger partial charge in [0.1, 0.15) is 11.6 Å². The lowest BCUT2D eigenvalue weighted by atomic mass is 10.1. The van der Waals surface area contributed by atoms with Gasteiger partial charge in [0.15, 0.2) is 5.82 Å². The predicted molar refractivity (Wildman–Crippen MR) is 129 cm³/mol. The molecule has 0 unspecified atom stereocenters. The number of rotatable bonds is 10. The van der Waals surface area contributed by atoms with Crippen LogP contribution in [0.15, 0.2) is 42.9 Å². The van der Waals surface area contributed by atoms with Crippen LogP contribution in [0.4, 0.5) is 15.9 Å². The average Bonchev–Trinajstić information content (AvgIpc) is 2.81. The topological polar surface area (TPSA) is 98.3 Å². The zero-order valence-corrected chi connectivity index (χ0v) is 20.2. The van der Waals surface area contributed by atoms with Crippen molar-refractivity contribution >= 4 is 29.0 Å². The van der Waals surface area contributed by atoms with Crippen molar-refractivity contribution in [3.8, 4) is 11.4 Å². The van der Waals surface area contributed by atoms with E-state index in [0.29, 0.717) is 35.3 Å². The number of halogens is 2. The second-order valence-corrected chi connectivity index (χ2v) is 8.34. The normalized spacial score (nSPS) is 11.2. The maximum absolute atomic E-state index is 14.4. The number of ether oxygens (including phenoxy) is 2. The number of nitrogens with zero attached hydrogens (tertiary/aromatic N) is 3. The van der Waals surface area contributed by atoms with Crippen LogP contribution in [0.25, 0.3) is 11.4 Å². The zero-order valence-electron chi connectivity index (χ0n) is 19.4. The van der Waals surface area contributed by atoms with Gasteiger partial charge in [0.25, 0.3) is 5.91 Å². The number of carbonyl (C=O) groups is 1. The van der Waals surface area contributed by atoms with Crippen LogP contribution < -0.4 is 10.6 Å². The zero-order chi connectivity index (χ0) is 24.7. The first-order chi connectivity index (χ1) is 16.3. The minimum atomic E-state index is -0.487. The van der Waals surface area contributed by atoms with Gasteiger partial charge in [-0.15, -0.1) is 0 Å². The number of anilines is 2. The molecule has 0 aliphatic carbocycles. The van der Waals surface area contributed by atoms with Crippen molar-refractivity contribution in [2.75, 3.05) is 32.8 Å². The van der Waals surface area contributed by atoms with Gasteiger partial charge in [0, 0.05) is 43.4 Å². The second kappa shape index (κ2) is 11.8. The van der Waals surface area contributed by atoms with Gasteiger partial charge in [-0.3, -0.25) is 9.78 Å². The van der Waals surface area contributed by atoms with E-state index in [1.807, 2.05) is 13.8 Å². The van der Waals surface area contributed by atoms with E-state index in [4.69, 9.17) is 21.1 Å². The largest absolute Gasteiger partial charge is 0.382 e. The number of carbonyl (C=O) groups excluding carboxylic acids is 1. The molecule has 0 saturated carbocycles. The fourth-order valence-electron chi connectivity index (χ4n) is 3.32. The molecule has 0 atom stereocenters. The molecule has 34 heavy (non-hydrogen) atoms. The minimum absolute atomic E-state index is 0.0626. The highest BCUT2D eigenvalue weighted by atomic mass is 35.5. The molecule has 3 rings (SSSR count). The first kappa shape index (κ1) is 25.5. The van der Waals surface area contributed by atoms with Crippen molar-refractivity contribution in [1.82, 2.24) is 20.3 Å². The molecule has 180 valence electrons. The van der Waals surface area contributed by atoms with Gasteiger partial charge >= 0.3 is 0 Å². The fourth-order valence-corrected chi connectivity index (χ4v) is 3.49. The molecule has 10 heteroatoms. The quantitative estimate of drug-likeness (QED) is 0.431. The first-order valence-corrected chi connectivity index (χ1v) is 11.0. The number of hydrogen-bond donors (Lipinski definition) is 2. The molecule has 2 aromatic heterocycles. The van der Waals surface area contributed by atoms with Crippen molar-refractivity contribution in [3.63, 3.8) is 0 Å². The third-order valence-electron chi connectivity index (χ3n) is 5.00. The number of methoxy groups -OCH3 is 2. The van der Waals surface area contributed by atoms with Crippen LogP contribution in [0.1, 0.15) is 35.7 Å². The molecule has 0 aliphatic rings. The summed E-state index contributed by atoms with van der Waals surface area (Å²) < 4.78 is 24.8. The minimum Gasteiger partial charge on any atom is -0.382 e. The summed E-state index contributed by atoms with van der Waals surface area (Å²) in [7, 11) is 3.10. The van der Waals surface area contributed by atoms with Crippen LogP contribution in [-0.4, -0.2) is 54.3 Å². The number of aromatic nitrogens is 3. The van der Waals surface area contributed by atoms with E-state index in [-0.39, 0.29) is 29.3 Å². The highest BCUT2D eigenvalue weighted by Crippen LogP contribution is 2.30. The number of hydrogen-bond acceptors (Lipinski definition) is 7. The Hall–Kier alpha value is -3.14. The van der Waals surface area contributed by atoms with Crippen LogP contribution >= 0.6 is 11.6 Å². The Labute approximate surface area is 202 Å². The van der Waals surface area contributed by atoms with Gasteiger partial charge in [-0.05, 0) is 30.2 Å². The monoisotopic (exact) mass is 487 g/mol. The summed E-state index contributed by atoms with van der Waals surface area (Å²) in [5, 5.41) is 6.47. The molecule has 2 N–H and O–H groups in total. The summed E-state index contributed by atoms with van der Waals surface area (Å²) in [5.41, 5.74) is 1.77. The molecule has 0 spiro atoms. The van der Waals surface area contributed by atoms with Crippen molar-refractivity contribution < 1.29 is 18.7 Å². The van der Waals surface area contributed by atoms with Crippen molar-refractivity contribution in [1.29, 1.82) is 0 Å². The van der Waals surface area contributed by atoms with Gasteiger partial charge in [-0.25, -0.2) is 14.4 Å². The van der Waals surface area contributed by atoms with Gasteiger partial charge in [0.05, 0.1) is 36.1 Å². The lowest BCUT2D eigenvalue weighted by Gasteiger charge is -2.19. The summed E-state index contributed by atoms with van der Waals surface area (Å²) in [6.45, 7) is 4.56. The first-order valence-electron chi connectivity index (χ1n) is 10.7. The Balaban J connectivity index is 1.97. The van der Waals surface area contributed by atoms with E-state index in [2.05, 4.69) is 25.6 Å². The Morgan fingerprint density at radius 1 is 1.15 bits per heavy atom. The predicted octanol–water partition coefficient (Wildman–Crippen LogP) is 4.59. The molecule has 1 amide bonds. The highest BCUT2D eigenvalue weighted by Gasteiger charge is 2.20. The summed E-state index contributed by atoms with van der Waals surface area (Å²) in [5.74, 6) is -0.153. The molecule has 2 heterocycles. The Morgan fingerprint density at radius 3 is 2.56 bits per heavy atom.